The highest BCUT2D eigenvalue weighted by atomic mass is 35.5. The highest BCUT2D eigenvalue weighted by Crippen LogP contribution is 2.29. The van der Waals surface area contributed by atoms with Gasteiger partial charge in [-0.25, -0.2) is 4.79 Å². The number of hydrogen-bond donors (Lipinski definition) is 3. The molecule has 2 aromatic rings. The summed E-state index contributed by atoms with van der Waals surface area (Å²) in [6, 6.07) is 9.80. The molecule has 0 aromatic heterocycles. The number of hydrogen-bond acceptors (Lipinski definition) is 5. The van der Waals surface area contributed by atoms with Crippen molar-refractivity contribution in [3.63, 3.8) is 0 Å². The van der Waals surface area contributed by atoms with E-state index in [0.717, 1.165) is 5.56 Å². The lowest BCUT2D eigenvalue weighted by Gasteiger charge is -2.33. The number of nitrogens with one attached hydrogen (secondary N) is 2. The average Bonchev–Trinajstić information content (AvgIpc) is 2.83. The molecule has 2 aromatic carbocycles. The molecular formula is C28H32ClN3O4S. The van der Waals surface area contributed by atoms with Crippen molar-refractivity contribution in [1.29, 1.82) is 0 Å². The second kappa shape index (κ2) is 13.2. The van der Waals surface area contributed by atoms with Gasteiger partial charge >= 0.3 is 6.09 Å². The second-order valence-electron chi connectivity index (χ2n) is 9.25. The van der Waals surface area contributed by atoms with Crippen LogP contribution in [0.4, 0.5) is 10.5 Å². The molecule has 2 atom stereocenters. The van der Waals surface area contributed by atoms with Crippen molar-refractivity contribution in [2.45, 2.75) is 45.4 Å². The van der Waals surface area contributed by atoms with Gasteiger partial charge in [-0.3, -0.25) is 9.59 Å². The normalized spacial score (nSPS) is 12.5. The van der Waals surface area contributed by atoms with Gasteiger partial charge in [-0.1, -0.05) is 47.9 Å². The van der Waals surface area contributed by atoms with Crippen molar-refractivity contribution >= 4 is 47.8 Å². The van der Waals surface area contributed by atoms with Crippen LogP contribution in [0.5, 0.6) is 0 Å². The van der Waals surface area contributed by atoms with Crippen LogP contribution in [-0.2, 0) is 14.3 Å². The van der Waals surface area contributed by atoms with Gasteiger partial charge in [0.1, 0.15) is 17.7 Å². The highest BCUT2D eigenvalue weighted by molar-refractivity contribution is 7.80. The Labute approximate surface area is 229 Å². The number of aryl methyl sites for hydroxylation is 1. The van der Waals surface area contributed by atoms with E-state index in [4.69, 9.17) is 22.8 Å². The fourth-order valence-electron chi connectivity index (χ4n) is 3.51. The van der Waals surface area contributed by atoms with E-state index in [-0.39, 0.29) is 12.3 Å². The molecule has 0 aliphatic rings. The van der Waals surface area contributed by atoms with E-state index < -0.39 is 35.6 Å². The molecule has 2 N–H and O–H groups in total. The maximum Gasteiger partial charge on any atom is 0.408 e. The van der Waals surface area contributed by atoms with E-state index in [1.807, 2.05) is 13.0 Å². The molecule has 0 saturated carbocycles. The number of rotatable bonds is 9. The first-order valence-electron chi connectivity index (χ1n) is 11.6. The molecule has 0 bridgehead atoms. The number of amides is 3. The van der Waals surface area contributed by atoms with Crippen molar-refractivity contribution in [2.24, 2.45) is 0 Å². The number of carbonyl (C=O) groups is 3. The van der Waals surface area contributed by atoms with Crippen LogP contribution < -0.4 is 10.6 Å². The van der Waals surface area contributed by atoms with Crippen LogP contribution in [-0.4, -0.2) is 46.7 Å². The van der Waals surface area contributed by atoms with E-state index in [1.54, 1.807) is 57.2 Å². The van der Waals surface area contributed by atoms with Crippen LogP contribution >= 0.6 is 24.2 Å². The standard InChI is InChI=1S/C28H32ClN3O4S/c1-7-16-32(26(34)22(17-37)30-27(35)36-28(4,5)6)24(20-14-12-19(8-2)13-15-20)25(33)31-23-18(3)10-9-11-21(23)29/h2,7,9-15,22,24,37H,1,16-17H2,3-6H3,(H,30,35)(H,31,33). The zero-order valence-corrected chi connectivity index (χ0v) is 23.0. The summed E-state index contributed by atoms with van der Waals surface area (Å²) in [4.78, 5) is 41.2. The van der Waals surface area contributed by atoms with Gasteiger partial charge in [-0.15, -0.1) is 13.0 Å². The summed E-state index contributed by atoms with van der Waals surface area (Å²) in [6.07, 6.45) is 6.22. The number of thiol groups is 1. The van der Waals surface area contributed by atoms with E-state index in [1.165, 1.54) is 11.0 Å². The van der Waals surface area contributed by atoms with Crippen LogP contribution in [0.1, 0.15) is 43.5 Å². The summed E-state index contributed by atoms with van der Waals surface area (Å²) in [5.41, 5.74) is 1.55. The quantitative estimate of drug-likeness (QED) is 0.233. The SMILES string of the molecule is C#Cc1ccc(C(C(=O)Nc2c(C)cccc2Cl)N(CC=C)C(=O)C(CS)NC(=O)OC(C)(C)C)cc1. The number of ether oxygens (including phenoxy) is 1. The number of terminal acetylenes is 1. The van der Waals surface area contributed by atoms with Gasteiger partial charge in [-0.2, -0.15) is 12.6 Å². The Morgan fingerprint density at radius 3 is 2.38 bits per heavy atom. The predicted octanol–water partition coefficient (Wildman–Crippen LogP) is 5.15. The minimum Gasteiger partial charge on any atom is -0.444 e. The maximum absolute atomic E-state index is 13.7. The molecule has 9 heteroatoms. The van der Waals surface area contributed by atoms with Gasteiger partial charge in [0.05, 0.1) is 10.7 Å². The molecule has 0 aliphatic heterocycles. The molecule has 196 valence electrons. The number of nitrogens with zero attached hydrogens (tertiary/aromatic N) is 1. The van der Waals surface area contributed by atoms with Gasteiger partial charge in [0, 0.05) is 17.9 Å². The van der Waals surface area contributed by atoms with Gasteiger partial charge in [-0.05, 0) is 57.0 Å². The van der Waals surface area contributed by atoms with E-state index >= 15 is 0 Å². The smallest absolute Gasteiger partial charge is 0.408 e. The third-order valence-electron chi connectivity index (χ3n) is 5.20. The summed E-state index contributed by atoms with van der Waals surface area (Å²) in [5, 5.41) is 5.77. The fraction of sp³-hybridized carbons (Fsp3) is 0.321. The van der Waals surface area contributed by atoms with Gasteiger partial charge < -0.3 is 20.3 Å². The molecule has 0 fully saturated rings. The lowest BCUT2D eigenvalue weighted by atomic mass is 10.0. The molecule has 3 amide bonds. The molecule has 0 heterocycles. The third kappa shape index (κ3) is 8.31. The summed E-state index contributed by atoms with van der Waals surface area (Å²) >= 11 is 10.6. The van der Waals surface area contributed by atoms with Crippen molar-refractivity contribution < 1.29 is 19.1 Å². The Kier molecular flexibility index (Phi) is 10.7. The lowest BCUT2D eigenvalue weighted by molar-refractivity contribution is -0.139. The summed E-state index contributed by atoms with van der Waals surface area (Å²) in [6.45, 7) is 10.7. The lowest BCUT2D eigenvalue weighted by Crippen LogP contribution is -2.53. The molecule has 0 radical (unpaired) electrons. The topological polar surface area (TPSA) is 87.7 Å². The van der Waals surface area contributed by atoms with Crippen molar-refractivity contribution in [3.8, 4) is 12.3 Å². The number of alkyl carbamates (subject to hydrolysis) is 1. The molecule has 2 rings (SSSR count). The van der Waals surface area contributed by atoms with Crippen LogP contribution in [0.3, 0.4) is 0 Å². The zero-order chi connectivity index (χ0) is 27.8. The molecule has 0 saturated heterocycles. The molecular weight excluding hydrogens is 510 g/mol. The average molecular weight is 542 g/mol. The molecule has 37 heavy (non-hydrogen) atoms. The van der Waals surface area contributed by atoms with E-state index in [2.05, 4.69) is 35.8 Å². The van der Waals surface area contributed by atoms with Crippen molar-refractivity contribution in [2.75, 3.05) is 17.6 Å². The van der Waals surface area contributed by atoms with Gasteiger partial charge in [0.2, 0.25) is 5.91 Å². The number of para-hydroxylation sites is 1. The Hall–Kier alpha value is -3.41. The Morgan fingerprint density at radius 1 is 1.22 bits per heavy atom. The van der Waals surface area contributed by atoms with Gasteiger partial charge in [0.15, 0.2) is 0 Å². The molecule has 7 nitrogen and oxygen atoms in total. The summed E-state index contributed by atoms with van der Waals surface area (Å²) in [5.74, 6) is 1.46. The number of halogens is 1. The van der Waals surface area contributed by atoms with Crippen LogP contribution in [0.15, 0.2) is 55.1 Å². The monoisotopic (exact) mass is 541 g/mol. The molecule has 0 aliphatic carbocycles. The van der Waals surface area contributed by atoms with Crippen LogP contribution in [0.2, 0.25) is 5.02 Å². The Morgan fingerprint density at radius 2 is 1.86 bits per heavy atom. The van der Waals surface area contributed by atoms with Crippen LogP contribution in [0, 0.1) is 19.3 Å². The van der Waals surface area contributed by atoms with Crippen LogP contribution in [0.25, 0.3) is 0 Å². The second-order valence-corrected chi connectivity index (χ2v) is 10.0. The number of carbonyl (C=O) groups excluding carboxylic acids is 3. The van der Waals surface area contributed by atoms with Crippen molar-refractivity contribution in [3.05, 3.63) is 76.8 Å². The Balaban J connectivity index is 2.51. The molecule has 2 unspecified atom stereocenters. The number of anilines is 1. The first-order chi connectivity index (χ1) is 17.4. The summed E-state index contributed by atoms with van der Waals surface area (Å²) in [7, 11) is 0. The third-order valence-corrected chi connectivity index (χ3v) is 5.88. The minimum absolute atomic E-state index is 0.00951. The first-order valence-corrected chi connectivity index (χ1v) is 12.6. The van der Waals surface area contributed by atoms with E-state index in [0.29, 0.717) is 21.8 Å². The largest absolute Gasteiger partial charge is 0.444 e. The summed E-state index contributed by atoms with van der Waals surface area (Å²) < 4.78 is 5.30. The minimum atomic E-state index is -1.10. The highest BCUT2D eigenvalue weighted by Gasteiger charge is 2.35. The maximum atomic E-state index is 13.7. The first kappa shape index (κ1) is 29.8. The molecule has 0 spiro atoms. The van der Waals surface area contributed by atoms with Gasteiger partial charge in [0.25, 0.3) is 5.91 Å². The van der Waals surface area contributed by atoms with E-state index in [9.17, 15) is 14.4 Å². The number of benzene rings is 2. The zero-order valence-electron chi connectivity index (χ0n) is 21.4. The fourth-order valence-corrected chi connectivity index (χ4v) is 4.03. The van der Waals surface area contributed by atoms with Crippen molar-refractivity contribution in [1.82, 2.24) is 10.2 Å². The Bertz CT molecular complexity index is 1170. The predicted molar refractivity (Wildman–Crippen MR) is 151 cm³/mol.